The van der Waals surface area contributed by atoms with Crippen LogP contribution in [-0.4, -0.2) is 25.0 Å². The summed E-state index contributed by atoms with van der Waals surface area (Å²) in [5, 5.41) is 10.1. The average Bonchev–Trinajstić information content (AvgIpc) is 2.61. The Morgan fingerprint density at radius 3 is 2.20 bits per heavy atom. The van der Waals surface area contributed by atoms with Crippen LogP contribution in [0, 0.1) is 46.3 Å². The topological polar surface area (TPSA) is 27.0 Å². The second-order valence-corrected chi connectivity index (χ2v) is 8.38. The van der Waals surface area contributed by atoms with E-state index in [-0.39, 0.29) is 5.41 Å². The van der Waals surface area contributed by atoms with Crippen molar-refractivity contribution in [3.8, 4) is 6.07 Å². The Hall–Kier alpha value is -0.550. The van der Waals surface area contributed by atoms with E-state index in [4.69, 9.17) is 0 Å². The van der Waals surface area contributed by atoms with Gasteiger partial charge in [-0.1, -0.05) is 0 Å². The molecule has 0 aromatic rings. The van der Waals surface area contributed by atoms with Crippen molar-refractivity contribution in [1.82, 2.24) is 4.90 Å². The fraction of sp³-hybridized carbons (Fsp3) is 0.944. The molecule has 0 radical (unpaired) electrons. The van der Waals surface area contributed by atoms with Gasteiger partial charge in [0.2, 0.25) is 0 Å². The Bertz CT molecular complexity index is 396. The Morgan fingerprint density at radius 1 is 0.950 bits per heavy atom. The molecule has 4 bridgehead atoms. The molecule has 5 aliphatic rings. The van der Waals surface area contributed by atoms with Gasteiger partial charge in [-0.05, 0) is 101 Å². The molecule has 0 N–H and O–H groups in total. The lowest BCUT2D eigenvalue weighted by molar-refractivity contribution is -0.0837. The highest BCUT2D eigenvalue weighted by Crippen LogP contribution is 2.62. The normalized spacial score (nSPS) is 51.7. The van der Waals surface area contributed by atoms with Gasteiger partial charge in [-0.25, -0.2) is 0 Å². The Balaban J connectivity index is 1.63. The van der Waals surface area contributed by atoms with Crippen LogP contribution in [0.5, 0.6) is 0 Å². The van der Waals surface area contributed by atoms with Crippen LogP contribution in [0.1, 0.15) is 51.4 Å². The average molecular weight is 272 g/mol. The van der Waals surface area contributed by atoms with Crippen molar-refractivity contribution >= 4 is 0 Å². The molecule has 5 rings (SSSR count). The van der Waals surface area contributed by atoms with E-state index in [9.17, 15) is 5.26 Å². The molecule has 4 aliphatic carbocycles. The zero-order chi connectivity index (χ0) is 13.7. The molecule has 0 aromatic carbocycles. The highest BCUT2D eigenvalue weighted by molar-refractivity contribution is 5.12. The van der Waals surface area contributed by atoms with Crippen molar-refractivity contribution < 1.29 is 0 Å². The fourth-order valence-corrected chi connectivity index (χ4v) is 6.64. The van der Waals surface area contributed by atoms with E-state index in [2.05, 4.69) is 18.0 Å². The molecule has 1 aliphatic heterocycles. The SMILES string of the molecule is CN1CCCC(C#N)(C2C3CC4CC(C3)CC2C4)CC1. The van der Waals surface area contributed by atoms with Gasteiger partial charge in [0.15, 0.2) is 0 Å². The molecule has 2 nitrogen and oxygen atoms in total. The van der Waals surface area contributed by atoms with Crippen LogP contribution in [0.25, 0.3) is 0 Å². The molecule has 1 heterocycles. The predicted molar refractivity (Wildman–Crippen MR) is 79.9 cm³/mol. The second kappa shape index (κ2) is 4.73. The first kappa shape index (κ1) is 13.1. The number of likely N-dealkylation sites (tertiary alicyclic amines) is 1. The maximum Gasteiger partial charge on any atom is 0.0693 e. The first-order valence-corrected chi connectivity index (χ1v) is 8.80. The lowest BCUT2D eigenvalue weighted by atomic mass is 9.46. The third-order valence-electron chi connectivity index (χ3n) is 7.19. The van der Waals surface area contributed by atoms with Crippen molar-refractivity contribution in [2.45, 2.75) is 51.4 Å². The second-order valence-electron chi connectivity index (χ2n) is 8.38. The number of hydrogen-bond donors (Lipinski definition) is 0. The molecule has 5 fully saturated rings. The van der Waals surface area contributed by atoms with Crippen LogP contribution in [0.4, 0.5) is 0 Å². The third-order valence-corrected chi connectivity index (χ3v) is 7.19. The third kappa shape index (κ3) is 1.93. The Kier molecular flexibility index (Phi) is 3.11. The first-order valence-electron chi connectivity index (χ1n) is 8.80. The molecular weight excluding hydrogens is 244 g/mol. The van der Waals surface area contributed by atoms with E-state index in [1.807, 2.05) is 0 Å². The van der Waals surface area contributed by atoms with E-state index in [1.165, 1.54) is 51.5 Å². The smallest absolute Gasteiger partial charge is 0.0693 e. The lowest BCUT2D eigenvalue weighted by Crippen LogP contribution is -2.51. The van der Waals surface area contributed by atoms with Crippen LogP contribution >= 0.6 is 0 Å². The van der Waals surface area contributed by atoms with E-state index in [0.717, 1.165) is 42.6 Å². The van der Waals surface area contributed by atoms with Crippen LogP contribution in [0.3, 0.4) is 0 Å². The van der Waals surface area contributed by atoms with Crippen molar-refractivity contribution in [1.29, 1.82) is 5.26 Å². The van der Waals surface area contributed by atoms with Crippen LogP contribution in [-0.2, 0) is 0 Å². The summed E-state index contributed by atoms with van der Waals surface area (Å²) in [4.78, 5) is 2.44. The summed E-state index contributed by atoms with van der Waals surface area (Å²) >= 11 is 0. The first-order chi connectivity index (χ1) is 9.70. The van der Waals surface area contributed by atoms with Gasteiger partial charge in [-0.2, -0.15) is 5.26 Å². The van der Waals surface area contributed by atoms with Gasteiger partial charge in [0.1, 0.15) is 0 Å². The number of nitrogens with zero attached hydrogens (tertiary/aromatic N) is 2. The van der Waals surface area contributed by atoms with E-state index < -0.39 is 0 Å². The molecule has 0 aromatic heterocycles. The largest absolute Gasteiger partial charge is 0.306 e. The highest BCUT2D eigenvalue weighted by atomic mass is 15.1. The molecule has 2 heteroatoms. The molecule has 1 unspecified atom stereocenters. The minimum absolute atomic E-state index is 0.0212. The summed E-state index contributed by atoms with van der Waals surface area (Å²) in [6, 6.07) is 2.88. The maximum absolute atomic E-state index is 10.1. The molecule has 0 spiro atoms. The molecule has 0 amide bonds. The molecular formula is C18H28N2. The molecule has 1 atom stereocenters. The zero-order valence-corrected chi connectivity index (χ0v) is 12.9. The van der Waals surface area contributed by atoms with E-state index in [0.29, 0.717) is 0 Å². The quantitative estimate of drug-likeness (QED) is 0.728. The van der Waals surface area contributed by atoms with E-state index in [1.54, 1.807) is 0 Å². The van der Waals surface area contributed by atoms with Crippen LogP contribution in [0.2, 0.25) is 0 Å². The monoisotopic (exact) mass is 272 g/mol. The standard InChI is InChI=1S/C18H28N2/c1-20-5-2-3-18(12-19,4-6-20)17-15-8-13-7-14(10-15)11-16(17)9-13/h13-17H,2-11H2,1H3. The minimum atomic E-state index is 0.0212. The highest BCUT2D eigenvalue weighted by Gasteiger charge is 2.55. The van der Waals surface area contributed by atoms with Gasteiger partial charge in [-0.3, -0.25) is 0 Å². The van der Waals surface area contributed by atoms with Gasteiger partial charge in [-0.15, -0.1) is 0 Å². The van der Waals surface area contributed by atoms with Gasteiger partial charge < -0.3 is 4.90 Å². The summed E-state index contributed by atoms with van der Waals surface area (Å²) in [5.41, 5.74) is 0.0212. The summed E-state index contributed by atoms with van der Waals surface area (Å²) in [6.07, 6.45) is 10.9. The van der Waals surface area contributed by atoms with Gasteiger partial charge >= 0.3 is 0 Å². The van der Waals surface area contributed by atoms with Crippen molar-refractivity contribution in [2.24, 2.45) is 35.0 Å². The zero-order valence-electron chi connectivity index (χ0n) is 12.9. The summed E-state index contributed by atoms with van der Waals surface area (Å²) in [6.45, 7) is 2.33. The number of hydrogen-bond acceptors (Lipinski definition) is 2. The van der Waals surface area contributed by atoms with Crippen molar-refractivity contribution in [2.75, 3.05) is 20.1 Å². The fourth-order valence-electron chi connectivity index (χ4n) is 6.64. The summed E-state index contributed by atoms with van der Waals surface area (Å²) in [5.74, 6) is 4.59. The van der Waals surface area contributed by atoms with Gasteiger partial charge in [0, 0.05) is 0 Å². The molecule has 4 saturated carbocycles. The van der Waals surface area contributed by atoms with Crippen LogP contribution in [0.15, 0.2) is 0 Å². The minimum Gasteiger partial charge on any atom is -0.306 e. The number of rotatable bonds is 1. The maximum atomic E-state index is 10.1. The number of nitriles is 1. The molecule has 20 heavy (non-hydrogen) atoms. The molecule has 110 valence electrons. The summed E-state index contributed by atoms with van der Waals surface area (Å²) < 4.78 is 0. The van der Waals surface area contributed by atoms with Crippen molar-refractivity contribution in [3.05, 3.63) is 0 Å². The predicted octanol–water partition coefficient (Wildman–Crippen LogP) is 3.68. The molecule has 1 saturated heterocycles. The lowest BCUT2D eigenvalue weighted by Gasteiger charge is -2.58. The van der Waals surface area contributed by atoms with Gasteiger partial charge in [0.25, 0.3) is 0 Å². The van der Waals surface area contributed by atoms with Gasteiger partial charge in [0.05, 0.1) is 11.5 Å². The Morgan fingerprint density at radius 2 is 1.60 bits per heavy atom. The van der Waals surface area contributed by atoms with Crippen molar-refractivity contribution in [3.63, 3.8) is 0 Å². The Labute approximate surface area is 123 Å². The summed E-state index contributed by atoms with van der Waals surface area (Å²) in [7, 11) is 2.23. The van der Waals surface area contributed by atoms with Crippen LogP contribution < -0.4 is 0 Å². The van der Waals surface area contributed by atoms with E-state index >= 15 is 0 Å².